The van der Waals surface area contributed by atoms with Gasteiger partial charge in [0, 0.05) is 43.0 Å². The highest BCUT2D eigenvalue weighted by molar-refractivity contribution is 7.16. The van der Waals surface area contributed by atoms with Crippen LogP contribution in [0.2, 0.25) is 0 Å². The largest absolute Gasteiger partial charge is 0.417 e. The minimum absolute atomic E-state index is 0.100. The summed E-state index contributed by atoms with van der Waals surface area (Å²) in [5.74, 6) is -1.63. The van der Waals surface area contributed by atoms with Crippen LogP contribution in [0.1, 0.15) is 29.8 Å². The summed E-state index contributed by atoms with van der Waals surface area (Å²) in [7, 11) is 1.99. The number of aromatic amines is 1. The fraction of sp³-hybridized carbons (Fsp3) is 0.296. The van der Waals surface area contributed by atoms with E-state index in [-0.39, 0.29) is 23.3 Å². The van der Waals surface area contributed by atoms with Crippen LogP contribution in [-0.2, 0) is 6.18 Å². The third-order valence-electron chi connectivity index (χ3n) is 7.15. The molecule has 0 radical (unpaired) electrons. The average Bonchev–Trinajstić information content (AvgIpc) is 3.35. The van der Waals surface area contributed by atoms with Crippen LogP contribution in [0.15, 0.2) is 52.9 Å². The van der Waals surface area contributed by atoms with Crippen LogP contribution in [0.25, 0.3) is 21.3 Å². The molecule has 0 spiro atoms. The maximum Gasteiger partial charge on any atom is 0.417 e. The molecule has 5 rings (SSSR count). The lowest BCUT2D eigenvalue weighted by atomic mass is 10.0. The molecule has 4 aromatic rings. The Bertz CT molecular complexity index is 1600. The third kappa shape index (κ3) is 5.26. The smallest absolute Gasteiger partial charge is 0.367 e. The van der Waals surface area contributed by atoms with Crippen LogP contribution in [0.3, 0.4) is 0 Å². The number of anilines is 2. The molecular weight excluding hydrogens is 534 g/mol. The molecule has 204 valence electrons. The molecule has 0 bridgehead atoms. The van der Waals surface area contributed by atoms with E-state index in [1.807, 2.05) is 31.9 Å². The van der Waals surface area contributed by atoms with E-state index in [1.54, 1.807) is 17.6 Å². The average molecular weight is 560 g/mol. The van der Waals surface area contributed by atoms with Gasteiger partial charge >= 0.3 is 6.18 Å². The number of likely N-dealkylation sites (N-methyl/N-ethyl adjacent to an activating group) is 1. The van der Waals surface area contributed by atoms with E-state index in [0.717, 1.165) is 10.9 Å². The van der Waals surface area contributed by atoms with Gasteiger partial charge in [0.2, 0.25) is 5.56 Å². The van der Waals surface area contributed by atoms with Gasteiger partial charge in [0.25, 0.3) is 5.91 Å². The van der Waals surface area contributed by atoms with Gasteiger partial charge in [-0.25, -0.2) is 9.37 Å². The second-order valence-electron chi connectivity index (χ2n) is 9.73. The number of aromatic nitrogens is 2. The summed E-state index contributed by atoms with van der Waals surface area (Å²) in [6, 6.07) is 8.55. The molecule has 1 fully saturated rings. The lowest BCUT2D eigenvalue weighted by Crippen LogP contribution is -2.55. The highest BCUT2D eigenvalue weighted by Crippen LogP contribution is 2.38. The van der Waals surface area contributed by atoms with Crippen LogP contribution < -0.4 is 15.8 Å². The van der Waals surface area contributed by atoms with Gasteiger partial charge in [-0.2, -0.15) is 13.2 Å². The van der Waals surface area contributed by atoms with E-state index in [9.17, 15) is 22.8 Å². The zero-order chi connectivity index (χ0) is 28.1. The number of nitrogens with one attached hydrogen (secondary N) is 2. The lowest BCUT2D eigenvalue weighted by Gasteiger charge is -2.44. The summed E-state index contributed by atoms with van der Waals surface area (Å²) in [6.07, 6.45) is -4.19. The molecule has 2 unspecified atom stereocenters. The van der Waals surface area contributed by atoms with Crippen molar-refractivity contribution < 1.29 is 22.4 Å². The topological polar surface area (TPSA) is 81.3 Å². The molecule has 1 aliphatic rings. The minimum Gasteiger partial charge on any atom is -0.367 e. The molecule has 7 nitrogen and oxygen atoms in total. The van der Waals surface area contributed by atoms with Crippen LogP contribution in [-0.4, -0.2) is 53.0 Å². The number of carbonyl (C=O) groups is 1. The Hall–Kier alpha value is -3.77. The summed E-state index contributed by atoms with van der Waals surface area (Å²) in [4.78, 5) is 35.3. The SMILES string of the molecule is CC1CN(c2cc(F)c(-c3ccc4scnc4c3)cc2NC(=O)c2c[nH]c(=O)cc2C(F)(F)F)CC(C)N1C. The normalized spacial score (nSPS) is 18.5. The number of carbonyl (C=O) groups excluding carboxylic acids is 1. The van der Waals surface area contributed by atoms with E-state index >= 15 is 4.39 Å². The zero-order valence-corrected chi connectivity index (χ0v) is 22.1. The molecule has 2 aromatic heterocycles. The molecule has 39 heavy (non-hydrogen) atoms. The molecule has 0 aliphatic carbocycles. The molecule has 1 amide bonds. The second kappa shape index (κ2) is 10.1. The van der Waals surface area contributed by atoms with E-state index in [0.29, 0.717) is 35.9 Å². The minimum atomic E-state index is -4.93. The van der Waals surface area contributed by atoms with E-state index in [1.165, 1.54) is 23.5 Å². The fourth-order valence-corrected chi connectivity index (χ4v) is 5.51. The molecule has 1 saturated heterocycles. The van der Waals surface area contributed by atoms with Gasteiger partial charge in [0.15, 0.2) is 0 Å². The first-order chi connectivity index (χ1) is 18.4. The number of benzene rings is 2. The van der Waals surface area contributed by atoms with Crippen molar-refractivity contribution in [3.8, 4) is 11.1 Å². The predicted octanol–water partition coefficient (Wildman–Crippen LogP) is 5.59. The number of alkyl halides is 3. The Balaban J connectivity index is 1.61. The first kappa shape index (κ1) is 26.8. The van der Waals surface area contributed by atoms with Gasteiger partial charge in [-0.05, 0) is 50.7 Å². The zero-order valence-electron chi connectivity index (χ0n) is 21.3. The van der Waals surface area contributed by atoms with Gasteiger partial charge in [0.05, 0.1) is 38.2 Å². The number of rotatable bonds is 4. The van der Waals surface area contributed by atoms with Crippen molar-refractivity contribution in [2.75, 3.05) is 30.4 Å². The molecule has 0 saturated carbocycles. The number of hydrogen-bond donors (Lipinski definition) is 2. The summed E-state index contributed by atoms with van der Waals surface area (Å²) < 4.78 is 57.5. The molecule has 2 atom stereocenters. The Morgan fingerprint density at radius 2 is 1.85 bits per heavy atom. The summed E-state index contributed by atoms with van der Waals surface area (Å²) in [5.41, 5.74) is 0.439. The van der Waals surface area contributed by atoms with Crippen LogP contribution >= 0.6 is 11.3 Å². The highest BCUT2D eigenvalue weighted by Gasteiger charge is 2.36. The van der Waals surface area contributed by atoms with Gasteiger partial charge < -0.3 is 15.2 Å². The number of amides is 1. The number of thiazole rings is 1. The standard InChI is InChI=1S/C27H25F4N5O2S/c1-14-11-36(12-15(2)35(14)3)23-9-20(28)17(16-4-5-24-22(6-16)33-13-39-24)7-21(23)34-26(38)18-10-32-25(37)8-19(18)27(29,30)31/h4-10,13-15H,11-12H2,1-3H3,(H,32,37)(H,34,38). The molecule has 2 aromatic carbocycles. The molecule has 12 heteroatoms. The van der Waals surface area contributed by atoms with Crippen LogP contribution in [0.4, 0.5) is 28.9 Å². The Morgan fingerprint density at radius 3 is 2.54 bits per heavy atom. The van der Waals surface area contributed by atoms with Crippen molar-refractivity contribution in [3.05, 3.63) is 75.4 Å². The van der Waals surface area contributed by atoms with Crippen molar-refractivity contribution >= 4 is 38.8 Å². The van der Waals surface area contributed by atoms with E-state index in [4.69, 9.17) is 0 Å². The van der Waals surface area contributed by atoms with Crippen molar-refractivity contribution in [3.63, 3.8) is 0 Å². The first-order valence-corrected chi connectivity index (χ1v) is 13.1. The van der Waals surface area contributed by atoms with Gasteiger partial charge in [0.1, 0.15) is 5.82 Å². The highest BCUT2D eigenvalue weighted by atomic mass is 32.1. The Morgan fingerprint density at radius 1 is 1.13 bits per heavy atom. The molecule has 2 N–H and O–H groups in total. The van der Waals surface area contributed by atoms with Crippen LogP contribution in [0, 0.1) is 5.82 Å². The Kier molecular flexibility index (Phi) is 6.93. The maximum atomic E-state index is 15.6. The van der Waals surface area contributed by atoms with E-state index in [2.05, 4.69) is 20.2 Å². The van der Waals surface area contributed by atoms with Crippen LogP contribution in [0.5, 0.6) is 0 Å². The van der Waals surface area contributed by atoms with Crippen molar-refractivity contribution in [1.29, 1.82) is 0 Å². The second-order valence-corrected chi connectivity index (χ2v) is 10.6. The number of H-pyrrole nitrogens is 1. The monoisotopic (exact) mass is 559 g/mol. The number of pyridine rings is 1. The van der Waals surface area contributed by atoms with Crippen molar-refractivity contribution in [2.45, 2.75) is 32.1 Å². The quantitative estimate of drug-likeness (QED) is 0.319. The van der Waals surface area contributed by atoms with Crippen molar-refractivity contribution in [2.24, 2.45) is 0 Å². The maximum absolute atomic E-state index is 15.6. The number of fused-ring (bicyclic) bond motifs is 1. The number of hydrogen-bond acceptors (Lipinski definition) is 6. The third-order valence-corrected chi connectivity index (χ3v) is 7.96. The summed E-state index contributed by atoms with van der Waals surface area (Å²) in [6.45, 7) is 5.06. The number of halogens is 4. The van der Waals surface area contributed by atoms with Gasteiger partial charge in [-0.15, -0.1) is 11.3 Å². The predicted molar refractivity (Wildman–Crippen MR) is 144 cm³/mol. The number of nitrogens with zero attached hydrogens (tertiary/aromatic N) is 3. The number of piperazine rings is 1. The van der Waals surface area contributed by atoms with E-state index < -0.39 is 34.6 Å². The first-order valence-electron chi connectivity index (χ1n) is 12.2. The molecule has 1 aliphatic heterocycles. The fourth-order valence-electron chi connectivity index (χ4n) is 4.86. The van der Waals surface area contributed by atoms with Crippen molar-refractivity contribution in [1.82, 2.24) is 14.9 Å². The Labute approximate surface area is 225 Å². The summed E-state index contributed by atoms with van der Waals surface area (Å²) in [5, 5.41) is 2.57. The summed E-state index contributed by atoms with van der Waals surface area (Å²) >= 11 is 1.44. The molecular formula is C27H25F4N5O2S. The molecule has 3 heterocycles. The van der Waals surface area contributed by atoms with Gasteiger partial charge in [-0.1, -0.05) is 6.07 Å². The van der Waals surface area contributed by atoms with Gasteiger partial charge in [-0.3, -0.25) is 14.5 Å². The lowest BCUT2D eigenvalue weighted by molar-refractivity contribution is -0.138.